The van der Waals surface area contributed by atoms with Crippen LogP contribution in [0.5, 0.6) is 0 Å². The third kappa shape index (κ3) is 3.63. The van der Waals surface area contributed by atoms with E-state index in [1.165, 1.54) is 0 Å². The molecular weight excluding hydrogens is 222 g/mol. The zero-order valence-corrected chi connectivity index (χ0v) is 11.5. The van der Waals surface area contributed by atoms with Crippen molar-refractivity contribution in [1.82, 2.24) is 4.90 Å². The number of hydrogen-bond acceptors (Lipinski definition) is 5. The molecule has 102 valence electrons. The lowest BCUT2D eigenvalue weighted by molar-refractivity contribution is -0.283. The summed E-state index contributed by atoms with van der Waals surface area (Å²) in [6.07, 6.45) is -2.66. The lowest BCUT2D eigenvalue weighted by atomic mass is 9.95. The molecule has 2 N–H and O–H groups in total. The maximum Gasteiger partial charge on any atom is 0.182 e. The smallest absolute Gasteiger partial charge is 0.182 e. The predicted molar refractivity (Wildman–Crippen MR) is 64.7 cm³/mol. The molecule has 0 aromatic heterocycles. The highest BCUT2D eigenvalue weighted by molar-refractivity contribution is 4.94. The van der Waals surface area contributed by atoms with Gasteiger partial charge in [0.1, 0.15) is 12.2 Å². The first-order valence-corrected chi connectivity index (χ1v) is 5.99. The highest BCUT2D eigenvalue weighted by Gasteiger charge is 2.45. The predicted octanol–water partition coefficient (Wildman–Crippen LogP) is 0.198. The summed E-state index contributed by atoms with van der Waals surface area (Å²) >= 11 is 0. The van der Waals surface area contributed by atoms with Gasteiger partial charge in [0, 0.05) is 0 Å². The van der Waals surface area contributed by atoms with Crippen molar-refractivity contribution >= 4 is 0 Å². The third-order valence-electron chi connectivity index (χ3n) is 2.88. The summed E-state index contributed by atoms with van der Waals surface area (Å²) in [6.45, 7) is 7.74. The Bertz CT molecular complexity index is 251. The molecule has 0 saturated carbocycles. The van der Waals surface area contributed by atoms with Crippen LogP contribution in [0.1, 0.15) is 27.7 Å². The van der Waals surface area contributed by atoms with Gasteiger partial charge in [-0.25, -0.2) is 0 Å². The molecule has 0 radical (unpaired) electrons. The largest absolute Gasteiger partial charge is 0.386 e. The van der Waals surface area contributed by atoms with Crippen LogP contribution in [0.25, 0.3) is 0 Å². The Morgan fingerprint density at radius 1 is 1.18 bits per heavy atom. The van der Waals surface area contributed by atoms with E-state index in [0.29, 0.717) is 0 Å². The van der Waals surface area contributed by atoms with E-state index in [4.69, 9.17) is 9.47 Å². The Hall–Kier alpha value is -0.200. The Kier molecular flexibility index (Phi) is 4.54. The highest BCUT2D eigenvalue weighted by atomic mass is 16.6. The van der Waals surface area contributed by atoms with Crippen LogP contribution in [0.3, 0.4) is 0 Å². The first-order chi connectivity index (χ1) is 7.63. The van der Waals surface area contributed by atoms with E-state index >= 15 is 0 Å². The monoisotopic (exact) mass is 247 g/mol. The fraction of sp³-hybridized carbons (Fsp3) is 1.00. The van der Waals surface area contributed by atoms with Crippen molar-refractivity contribution in [3.63, 3.8) is 0 Å². The minimum absolute atomic E-state index is 0.264. The standard InChI is InChI=1S/C12H25NO4/c1-7-10(17-12(2,3)4)8(13(5)6)9(14)11(15)16-7/h7-11,14-15H,1-6H3/t7-,8-,9-,10-,11-/m1/s1. The van der Waals surface area contributed by atoms with Gasteiger partial charge in [0.05, 0.1) is 17.7 Å². The second kappa shape index (κ2) is 5.20. The maximum absolute atomic E-state index is 10.00. The van der Waals surface area contributed by atoms with Crippen LogP contribution in [-0.4, -0.2) is 65.5 Å². The summed E-state index contributed by atoms with van der Waals surface area (Å²) in [6, 6.07) is -0.284. The SMILES string of the molecule is C[C@H]1O[C@@H](O)[C@H](O)[C@@H](N(C)C)[C@@H]1OC(C)(C)C. The first-order valence-electron chi connectivity index (χ1n) is 5.99. The molecule has 1 rings (SSSR count). The maximum atomic E-state index is 10.00. The summed E-state index contributed by atoms with van der Waals surface area (Å²) in [5.74, 6) is 0. The third-order valence-corrected chi connectivity index (χ3v) is 2.88. The Labute approximate surface area is 103 Å². The zero-order chi connectivity index (χ0) is 13.4. The number of aliphatic hydroxyl groups excluding tert-OH is 2. The Balaban J connectivity index is 2.89. The van der Waals surface area contributed by atoms with Gasteiger partial charge in [0.25, 0.3) is 0 Å². The normalized spacial score (nSPS) is 39.7. The van der Waals surface area contributed by atoms with Gasteiger partial charge in [-0.1, -0.05) is 0 Å². The fourth-order valence-electron chi connectivity index (χ4n) is 2.19. The molecular formula is C12H25NO4. The van der Waals surface area contributed by atoms with E-state index in [9.17, 15) is 10.2 Å². The van der Waals surface area contributed by atoms with Gasteiger partial charge in [0.2, 0.25) is 0 Å². The van der Waals surface area contributed by atoms with E-state index in [-0.39, 0.29) is 23.9 Å². The molecule has 0 unspecified atom stereocenters. The van der Waals surface area contributed by atoms with E-state index in [0.717, 1.165) is 0 Å². The molecule has 0 aromatic rings. The summed E-state index contributed by atoms with van der Waals surface area (Å²) in [7, 11) is 3.72. The topological polar surface area (TPSA) is 62.2 Å². The Morgan fingerprint density at radius 2 is 1.71 bits per heavy atom. The molecule has 0 aromatic carbocycles. The van der Waals surface area contributed by atoms with Gasteiger partial charge in [-0.3, -0.25) is 0 Å². The molecule has 17 heavy (non-hydrogen) atoms. The molecule has 0 aliphatic carbocycles. The van der Waals surface area contributed by atoms with Crippen LogP contribution >= 0.6 is 0 Å². The molecule has 0 amide bonds. The van der Waals surface area contributed by atoms with E-state index < -0.39 is 12.4 Å². The zero-order valence-electron chi connectivity index (χ0n) is 11.5. The van der Waals surface area contributed by atoms with Crippen molar-refractivity contribution in [2.75, 3.05) is 14.1 Å². The average molecular weight is 247 g/mol. The van der Waals surface area contributed by atoms with Crippen LogP contribution < -0.4 is 0 Å². The van der Waals surface area contributed by atoms with Gasteiger partial charge >= 0.3 is 0 Å². The van der Waals surface area contributed by atoms with Crippen LogP contribution in [0.4, 0.5) is 0 Å². The summed E-state index contributed by atoms with van der Waals surface area (Å²) in [5, 5.41) is 19.6. The van der Waals surface area contributed by atoms with Gasteiger partial charge < -0.3 is 24.6 Å². The lowest BCUT2D eigenvalue weighted by Gasteiger charge is -2.46. The second-order valence-electron chi connectivity index (χ2n) is 5.87. The van der Waals surface area contributed by atoms with Crippen molar-refractivity contribution in [1.29, 1.82) is 0 Å². The molecule has 0 spiro atoms. The highest BCUT2D eigenvalue weighted by Crippen LogP contribution is 2.28. The molecule has 1 fully saturated rings. The summed E-state index contributed by atoms with van der Waals surface area (Å²) in [4.78, 5) is 1.86. The number of rotatable bonds is 2. The summed E-state index contributed by atoms with van der Waals surface area (Å²) in [5.41, 5.74) is -0.321. The van der Waals surface area contributed by atoms with Crippen molar-refractivity contribution in [2.24, 2.45) is 0 Å². The number of ether oxygens (including phenoxy) is 2. The van der Waals surface area contributed by atoms with Crippen molar-refractivity contribution < 1.29 is 19.7 Å². The minimum Gasteiger partial charge on any atom is -0.386 e. The minimum atomic E-state index is -1.16. The van der Waals surface area contributed by atoms with Crippen molar-refractivity contribution in [3.8, 4) is 0 Å². The van der Waals surface area contributed by atoms with Gasteiger partial charge in [-0.15, -0.1) is 0 Å². The van der Waals surface area contributed by atoms with Crippen molar-refractivity contribution in [3.05, 3.63) is 0 Å². The molecule has 1 heterocycles. The van der Waals surface area contributed by atoms with E-state index in [1.807, 2.05) is 46.7 Å². The molecule has 1 aliphatic rings. The average Bonchev–Trinajstić information content (AvgIpc) is 2.11. The van der Waals surface area contributed by atoms with Crippen LogP contribution in [0.15, 0.2) is 0 Å². The van der Waals surface area contributed by atoms with E-state index in [2.05, 4.69) is 0 Å². The molecule has 1 aliphatic heterocycles. The molecule has 5 atom stereocenters. The van der Waals surface area contributed by atoms with Gasteiger partial charge in [0.15, 0.2) is 6.29 Å². The first kappa shape index (κ1) is 14.9. The van der Waals surface area contributed by atoms with Crippen LogP contribution in [0, 0.1) is 0 Å². The molecule has 0 bridgehead atoms. The molecule has 1 saturated heterocycles. The molecule has 5 nitrogen and oxygen atoms in total. The number of aliphatic hydroxyl groups is 2. The van der Waals surface area contributed by atoms with Crippen LogP contribution in [-0.2, 0) is 9.47 Å². The van der Waals surface area contributed by atoms with Gasteiger partial charge in [-0.2, -0.15) is 0 Å². The quantitative estimate of drug-likeness (QED) is 0.730. The fourth-order valence-corrected chi connectivity index (χ4v) is 2.19. The lowest BCUT2D eigenvalue weighted by Crippen LogP contribution is -2.63. The molecule has 5 heteroatoms. The number of nitrogens with zero attached hydrogens (tertiary/aromatic N) is 1. The second-order valence-corrected chi connectivity index (χ2v) is 5.87. The van der Waals surface area contributed by atoms with E-state index in [1.54, 1.807) is 0 Å². The summed E-state index contributed by atoms with van der Waals surface area (Å²) < 4.78 is 11.2. The van der Waals surface area contributed by atoms with Crippen LogP contribution in [0.2, 0.25) is 0 Å². The number of hydrogen-bond donors (Lipinski definition) is 2. The Morgan fingerprint density at radius 3 is 2.12 bits per heavy atom. The number of likely N-dealkylation sites (N-methyl/N-ethyl adjacent to an activating group) is 1. The van der Waals surface area contributed by atoms with Crippen molar-refractivity contribution in [2.45, 2.75) is 63.9 Å². The van der Waals surface area contributed by atoms with Gasteiger partial charge in [-0.05, 0) is 41.8 Å².